The van der Waals surface area contributed by atoms with Crippen LogP contribution in [0.5, 0.6) is 0 Å². The van der Waals surface area contributed by atoms with Crippen LogP contribution in [0.3, 0.4) is 0 Å². The Morgan fingerprint density at radius 2 is 2.05 bits per heavy atom. The molecule has 0 aromatic heterocycles. The van der Waals surface area contributed by atoms with Gasteiger partial charge in [-0.25, -0.2) is 5.01 Å². The average molecular weight is 274 g/mol. The van der Waals surface area contributed by atoms with E-state index < -0.39 is 0 Å². The summed E-state index contributed by atoms with van der Waals surface area (Å²) >= 11 is 0. The van der Waals surface area contributed by atoms with Crippen LogP contribution in [0, 0.1) is 5.92 Å². The summed E-state index contributed by atoms with van der Waals surface area (Å²) < 4.78 is 4.88. The van der Waals surface area contributed by atoms with E-state index in [1.807, 2.05) is 37.3 Å². The molecule has 106 valence electrons. The number of nitrogens with zero attached hydrogens (tertiary/aromatic N) is 2. The molecule has 5 heteroatoms. The molecular weight excluding hydrogens is 256 g/mol. The van der Waals surface area contributed by atoms with Crippen molar-refractivity contribution in [2.24, 2.45) is 11.0 Å². The lowest BCUT2D eigenvalue weighted by Gasteiger charge is -2.13. The monoisotopic (exact) mass is 274 g/mol. The first-order valence-electron chi connectivity index (χ1n) is 6.73. The summed E-state index contributed by atoms with van der Waals surface area (Å²) in [6.07, 6.45) is 0.677. The third kappa shape index (κ3) is 3.04. The van der Waals surface area contributed by atoms with Crippen LogP contribution in [0.4, 0.5) is 5.69 Å². The Bertz CT molecular complexity index is 525. The van der Waals surface area contributed by atoms with E-state index in [-0.39, 0.29) is 24.2 Å². The molecule has 2 rings (SSSR count). The number of carbonyl (C=O) groups excluding carboxylic acids is 2. The summed E-state index contributed by atoms with van der Waals surface area (Å²) in [5, 5.41) is 5.70. The van der Waals surface area contributed by atoms with Gasteiger partial charge in [-0.1, -0.05) is 18.2 Å². The van der Waals surface area contributed by atoms with Crippen molar-refractivity contribution in [3.05, 3.63) is 30.3 Å². The summed E-state index contributed by atoms with van der Waals surface area (Å²) in [4.78, 5) is 23.7. The van der Waals surface area contributed by atoms with Gasteiger partial charge in [-0.3, -0.25) is 9.59 Å². The van der Waals surface area contributed by atoms with Gasteiger partial charge in [0, 0.05) is 12.1 Å². The molecule has 5 nitrogen and oxygen atoms in total. The van der Waals surface area contributed by atoms with Gasteiger partial charge in [0.15, 0.2) is 0 Å². The fourth-order valence-electron chi connectivity index (χ4n) is 2.18. The molecule has 0 radical (unpaired) electrons. The number of hydrogen-bond donors (Lipinski definition) is 0. The van der Waals surface area contributed by atoms with Gasteiger partial charge in [0.1, 0.15) is 0 Å². The Morgan fingerprint density at radius 1 is 1.35 bits per heavy atom. The Kier molecular flexibility index (Phi) is 4.50. The highest BCUT2D eigenvalue weighted by atomic mass is 16.5. The Labute approximate surface area is 118 Å². The normalized spacial score (nSPS) is 18.1. The van der Waals surface area contributed by atoms with Gasteiger partial charge in [-0.2, -0.15) is 5.10 Å². The van der Waals surface area contributed by atoms with Crippen LogP contribution < -0.4 is 5.01 Å². The van der Waals surface area contributed by atoms with Crippen molar-refractivity contribution in [3.8, 4) is 0 Å². The third-order valence-corrected chi connectivity index (χ3v) is 3.21. The zero-order chi connectivity index (χ0) is 14.5. The number of amides is 1. The molecule has 1 atom stereocenters. The molecule has 1 heterocycles. The lowest BCUT2D eigenvalue weighted by atomic mass is 9.98. The van der Waals surface area contributed by atoms with Crippen molar-refractivity contribution in [2.75, 3.05) is 11.6 Å². The summed E-state index contributed by atoms with van der Waals surface area (Å²) in [6.45, 7) is 3.94. The Balaban J connectivity index is 2.02. The van der Waals surface area contributed by atoms with E-state index in [1.165, 1.54) is 5.01 Å². The van der Waals surface area contributed by atoms with Crippen molar-refractivity contribution in [3.63, 3.8) is 0 Å². The Morgan fingerprint density at radius 3 is 2.70 bits per heavy atom. The van der Waals surface area contributed by atoms with Crippen LogP contribution in [0.25, 0.3) is 0 Å². The highest BCUT2D eigenvalue weighted by molar-refractivity contribution is 6.14. The lowest BCUT2D eigenvalue weighted by molar-refractivity contribution is -0.143. The van der Waals surface area contributed by atoms with E-state index in [2.05, 4.69) is 5.10 Å². The molecule has 0 saturated carbocycles. The van der Waals surface area contributed by atoms with Crippen LogP contribution in [0.1, 0.15) is 26.7 Å². The molecule has 0 unspecified atom stereocenters. The maximum absolute atomic E-state index is 12.3. The maximum atomic E-state index is 12.3. The molecule has 1 aromatic rings. The van der Waals surface area contributed by atoms with Gasteiger partial charge in [0.25, 0.3) is 5.91 Å². The van der Waals surface area contributed by atoms with Gasteiger partial charge in [-0.05, 0) is 32.4 Å². The van der Waals surface area contributed by atoms with Crippen LogP contribution >= 0.6 is 0 Å². The topological polar surface area (TPSA) is 59.0 Å². The lowest BCUT2D eigenvalue weighted by Crippen LogP contribution is -2.27. The molecule has 0 spiro atoms. The number of anilines is 1. The number of hydrazone groups is 1. The molecule has 0 aliphatic carbocycles. The highest BCUT2D eigenvalue weighted by Crippen LogP contribution is 2.26. The summed E-state index contributed by atoms with van der Waals surface area (Å²) in [5.74, 6) is -0.691. The maximum Gasteiger partial charge on any atom is 0.305 e. The van der Waals surface area contributed by atoms with Crippen molar-refractivity contribution < 1.29 is 14.3 Å². The number of hydrogen-bond acceptors (Lipinski definition) is 4. The highest BCUT2D eigenvalue weighted by Gasteiger charge is 2.34. The Hall–Kier alpha value is -2.17. The second-order valence-electron chi connectivity index (χ2n) is 4.62. The predicted octanol–water partition coefficient (Wildman–Crippen LogP) is 2.37. The minimum atomic E-state index is -0.334. The number of benzene rings is 1. The van der Waals surface area contributed by atoms with Crippen LogP contribution in [0.2, 0.25) is 0 Å². The van der Waals surface area contributed by atoms with Crippen molar-refractivity contribution in [1.29, 1.82) is 0 Å². The SMILES string of the molecule is CCOC(=O)CC[C@@H]1C(=O)N(c2ccccc2)N=C1C. The van der Waals surface area contributed by atoms with Crippen molar-refractivity contribution in [1.82, 2.24) is 0 Å². The largest absolute Gasteiger partial charge is 0.466 e. The standard InChI is InChI=1S/C15H18N2O3/c1-3-20-14(18)10-9-13-11(2)16-17(15(13)19)12-7-5-4-6-8-12/h4-8,13H,3,9-10H2,1-2H3/t13-/m0/s1. The number of esters is 1. The second kappa shape index (κ2) is 6.32. The second-order valence-corrected chi connectivity index (χ2v) is 4.62. The molecule has 1 amide bonds. The van der Waals surface area contributed by atoms with Gasteiger partial charge in [0.2, 0.25) is 0 Å². The molecule has 0 saturated heterocycles. The van der Waals surface area contributed by atoms with E-state index in [4.69, 9.17) is 4.74 Å². The molecule has 20 heavy (non-hydrogen) atoms. The fourth-order valence-corrected chi connectivity index (χ4v) is 2.18. The molecule has 1 aliphatic heterocycles. The van der Waals surface area contributed by atoms with Gasteiger partial charge >= 0.3 is 5.97 Å². The van der Waals surface area contributed by atoms with Crippen LogP contribution in [-0.4, -0.2) is 24.2 Å². The average Bonchev–Trinajstić information content (AvgIpc) is 2.73. The van der Waals surface area contributed by atoms with Crippen LogP contribution in [0.15, 0.2) is 35.4 Å². The summed E-state index contributed by atoms with van der Waals surface area (Å²) in [5.41, 5.74) is 1.48. The van der Waals surface area contributed by atoms with E-state index in [1.54, 1.807) is 6.92 Å². The van der Waals surface area contributed by atoms with E-state index in [0.29, 0.717) is 13.0 Å². The molecule has 0 bridgehead atoms. The van der Waals surface area contributed by atoms with Crippen molar-refractivity contribution >= 4 is 23.3 Å². The van der Waals surface area contributed by atoms with Gasteiger partial charge in [-0.15, -0.1) is 0 Å². The number of carbonyl (C=O) groups is 2. The third-order valence-electron chi connectivity index (χ3n) is 3.21. The van der Waals surface area contributed by atoms with E-state index in [0.717, 1.165) is 11.4 Å². The van der Waals surface area contributed by atoms with E-state index >= 15 is 0 Å². The molecule has 0 fully saturated rings. The summed E-state index contributed by atoms with van der Waals surface area (Å²) in [6, 6.07) is 9.28. The fraction of sp³-hybridized carbons (Fsp3) is 0.400. The minimum Gasteiger partial charge on any atom is -0.466 e. The predicted molar refractivity (Wildman–Crippen MR) is 76.4 cm³/mol. The zero-order valence-corrected chi connectivity index (χ0v) is 11.7. The first kappa shape index (κ1) is 14.2. The van der Waals surface area contributed by atoms with Gasteiger partial charge < -0.3 is 4.74 Å². The minimum absolute atomic E-state index is 0.0852. The molecule has 1 aliphatic rings. The smallest absolute Gasteiger partial charge is 0.305 e. The number of ether oxygens (including phenoxy) is 1. The molecule has 1 aromatic carbocycles. The molecule has 0 N–H and O–H groups in total. The first-order chi connectivity index (χ1) is 9.63. The number of para-hydroxylation sites is 1. The quantitative estimate of drug-likeness (QED) is 0.774. The van der Waals surface area contributed by atoms with Gasteiger partial charge in [0.05, 0.1) is 18.2 Å². The van der Waals surface area contributed by atoms with Crippen molar-refractivity contribution in [2.45, 2.75) is 26.7 Å². The van der Waals surface area contributed by atoms with Crippen LogP contribution in [-0.2, 0) is 14.3 Å². The first-order valence-corrected chi connectivity index (χ1v) is 6.73. The number of rotatable bonds is 5. The van der Waals surface area contributed by atoms with E-state index in [9.17, 15) is 9.59 Å². The zero-order valence-electron chi connectivity index (χ0n) is 11.7. The summed E-state index contributed by atoms with van der Waals surface area (Å²) in [7, 11) is 0. The molecular formula is C15H18N2O3.